The summed E-state index contributed by atoms with van der Waals surface area (Å²) < 4.78 is 5.26. The number of ether oxygens (including phenoxy) is 1. The molecule has 0 bridgehead atoms. The van der Waals surface area contributed by atoms with E-state index in [1.54, 1.807) is 30.0 Å². The van der Waals surface area contributed by atoms with Crippen molar-refractivity contribution in [1.29, 1.82) is 0 Å². The fourth-order valence-electron chi connectivity index (χ4n) is 3.90. The Bertz CT molecular complexity index is 1020. The molecule has 2 aromatic rings. The summed E-state index contributed by atoms with van der Waals surface area (Å²) in [4.78, 5) is 40.0. The number of amides is 2. The first-order chi connectivity index (χ1) is 16.4. The van der Waals surface area contributed by atoms with Crippen LogP contribution >= 0.6 is 11.8 Å². The van der Waals surface area contributed by atoms with E-state index in [1.165, 1.54) is 12.8 Å². The minimum Gasteiger partial charge on any atom is -0.454 e. The second-order valence-corrected chi connectivity index (χ2v) is 9.51. The number of carbonyl (C=O) groups excluding carboxylic acids is 3. The van der Waals surface area contributed by atoms with Gasteiger partial charge in [-0.15, -0.1) is 0 Å². The molecule has 0 spiro atoms. The Morgan fingerprint density at radius 2 is 1.85 bits per heavy atom. The predicted molar refractivity (Wildman–Crippen MR) is 138 cm³/mol. The fourth-order valence-corrected chi connectivity index (χ4v) is 4.37. The zero-order chi connectivity index (χ0) is 24.5. The average Bonchev–Trinajstić information content (AvgIpc) is 3.36. The number of aryl methyl sites for hydroxylation is 2. The van der Waals surface area contributed by atoms with Crippen molar-refractivity contribution < 1.29 is 19.1 Å². The number of hydrogen-bond donors (Lipinski definition) is 2. The minimum atomic E-state index is -0.824. The van der Waals surface area contributed by atoms with Crippen molar-refractivity contribution in [3.8, 4) is 0 Å². The van der Waals surface area contributed by atoms with Crippen LogP contribution in [0, 0.1) is 13.8 Å². The normalized spacial score (nSPS) is 13.9. The van der Waals surface area contributed by atoms with Gasteiger partial charge >= 0.3 is 5.97 Å². The SMILES string of the molecule is CSCC[C@H](NC(=O)c1cccc(C)c1)C(=O)OCC(=O)Nc1ccc(N2CCCC2)cc1C. The Morgan fingerprint density at radius 3 is 2.53 bits per heavy atom. The quantitative estimate of drug-likeness (QED) is 0.498. The molecule has 182 valence electrons. The van der Waals surface area contributed by atoms with Gasteiger partial charge in [-0.25, -0.2) is 4.79 Å². The molecule has 0 aliphatic carbocycles. The summed E-state index contributed by atoms with van der Waals surface area (Å²) in [6.07, 6.45) is 4.74. The molecule has 0 radical (unpaired) electrons. The lowest BCUT2D eigenvalue weighted by atomic mass is 10.1. The van der Waals surface area contributed by atoms with E-state index in [9.17, 15) is 14.4 Å². The number of esters is 1. The van der Waals surface area contributed by atoms with Gasteiger partial charge in [0, 0.05) is 30.0 Å². The van der Waals surface area contributed by atoms with E-state index in [0.717, 1.165) is 29.9 Å². The predicted octanol–water partition coefficient (Wildman–Crippen LogP) is 3.94. The van der Waals surface area contributed by atoms with Gasteiger partial charge in [-0.1, -0.05) is 17.7 Å². The molecule has 0 saturated carbocycles. The van der Waals surface area contributed by atoms with Gasteiger partial charge in [0.05, 0.1) is 0 Å². The van der Waals surface area contributed by atoms with Crippen molar-refractivity contribution in [3.63, 3.8) is 0 Å². The topological polar surface area (TPSA) is 87.7 Å². The van der Waals surface area contributed by atoms with Crippen molar-refractivity contribution in [2.45, 2.75) is 39.2 Å². The molecule has 1 heterocycles. The average molecular weight is 484 g/mol. The van der Waals surface area contributed by atoms with Gasteiger partial charge < -0.3 is 20.3 Å². The molecule has 1 saturated heterocycles. The van der Waals surface area contributed by atoms with Crippen molar-refractivity contribution in [3.05, 3.63) is 59.2 Å². The molecule has 2 aromatic carbocycles. The molecule has 7 nitrogen and oxygen atoms in total. The third-order valence-corrected chi connectivity index (χ3v) is 6.43. The van der Waals surface area contributed by atoms with Crippen LogP contribution in [-0.2, 0) is 14.3 Å². The number of nitrogens with zero attached hydrogens (tertiary/aromatic N) is 1. The number of anilines is 2. The molecule has 1 aliphatic heterocycles. The second-order valence-electron chi connectivity index (χ2n) is 8.53. The van der Waals surface area contributed by atoms with Crippen LogP contribution in [0.25, 0.3) is 0 Å². The summed E-state index contributed by atoms with van der Waals surface area (Å²) in [6.45, 7) is 5.54. The molecule has 3 rings (SSSR count). The first-order valence-corrected chi connectivity index (χ1v) is 13.0. The van der Waals surface area contributed by atoms with Gasteiger partial charge in [0.15, 0.2) is 6.61 Å². The molecule has 34 heavy (non-hydrogen) atoms. The van der Waals surface area contributed by atoms with Gasteiger partial charge in [0.2, 0.25) is 0 Å². The highest BCUT2D eigenvalue weighted by Gasteiger charge is 2.23. The molecule has 0 unspecified atom stereocenters. The maximum atomic E-state index is 12.7. The molecule has 1 atom stereocenters. The maximum absolute atomic E-state index is 12.7. The monoisotopic (exact) mass is 483 g/mol. The van der Waals surface area contributed by atoms with Gasteiger partial charge in [-0.05, 0) is 81.0 Å². The largest absolute Gasteiger partial charge is 0.454 e. The number of thioether (sulfide) groups is 1. The summed E-state index contributed by atoms with van der Waals surface area (Å²) in [5.41, 5.74) is 4.23. The molecule has 1 fully saturated rings. The van der Waals surface area contributed by atoms with Crippen LogP contribution < -0.4 is 15.5 Å². The Balaban J connectivity index is 1.54. The molecule has 2 N–H and O–H groups in total. The van der Waals surface area contributed by atoms with Gasteiger partial charge in [0.25, 0.3) is 11.8 Å². The molecular weight excluding hydrogens is 450 g/mol. The lowest BCUT2D eigenvalue weighted by Gasteiger charge is -2.20. The fraction of sp³-hybridized carbons (Fsp3) is 0.423. The van der Waals surface area contributed by atoms with E-state index in [-0.39, 0.29) is 5.91 Å². The van der Waals surface area contributed by atoms with Crippen molar-refractivity contribution in [1.82, 2.24) is 5.32 Å². The van der Waals surface area contributed by atoms with Crippen LogP contribution in [0.2, 0.25) is 0 Å². The summed E-state index contributed by atoms with van der Waals surface area (Å²) in [7, 11) is 0. The molecule has 1 aliphatic rings. The lowest BCUT2D eigenvalue weighted by Crippen LogP contribution is -2.43. The lowest BCUT2D eigenvalue weighted by molar-refractivity contribution is -0.149. The van der Waals surface area contributed by atoms with E-state index < -0.39 is 24.5 Å². The standard InChI is InChI=1S/C26H33N3O4S/c1-18-7-6-8-20(15-18)25(31)28-23(11-14-34-3)26(32)33-17-24(30)27-22-10-9-21(16-19(22)2)29-12-4-5-13-29/h6-10,15-16,23H,4-5,11-14,17H2,1-3H3,(H,27,30)(H,28,31)/t23-/m0/s1. The minimum absolute atomic E-state index is 0.343. The number of benzene rings is 2. The van der Waals surface area contributed by atoms with Crippen molar-refractivity contribution >= 4 is 40.9 Å². The highest BCUT2D eigenvalue weighted by atomic mass is 32.2. The highest BCUT2D eigenvalue weighted by molar-refractivity contribution is 7.98. The van der Waals surface area contributed by atoms with Crippen molar-refractivity contribution in [2.75, 3.05) is 41.9 Å². The van der Waals surface area contributed by atoms with E-state index >= 15 is 0 Å². The van der Waals surface area contributed by atoms with E-state index in [2.05, 4.69) is 21.6 Å². The summed E-state index contributed by atoms with van der Waals surface area (Å²) in [5.74, 6) is -0.710. The third-order valence-electron chi connectivity index (χ3n) is 5.78. The van der Waals surface area contributed by atoms with Crippen LogP contribution in [0.3, 0.4) is 0 Å². The van der Waals surface area contributed by atoms with Crippen LogP contribution in [0.15, 0.2) is 42.5 Å². The molecule has 0 aromatic heterocycles. The van der Waals surface area contributed by atoms with Crippen LogP contribution in [0.4, 0.5) is 11.4 Å². The van der Waals surface area contributed by atoms with Crippen LogP contribution in [-0.4, -0.2) is 55.5 Å². The molecule has 2 amide bonds. The highest BCUT2D eigenvalue weighted by Crippen LogP contribution is 2.25. The van der Waals surface area contributed by atoms with Crippen LogP contribution in [0.1, 0.15) is 40.7 Å². The summed E-state index contributed by atoms with van der Waals surface area (Å²) >= 11 is 1.57. The molecule has 8 heteroatoms. The Morgan fingerprint density at radius 1 is 1.09 bits per heavy atom. The smallest absolute Gasteiger partial charge is 0.329 e. The first-order valence-electron chi connectivity index (χ1n) is 11.6. The Labute approximate surface area is 205 Å². The van der Waals surface area contributed by atoms with Gasteiger partial charge in [-0.3, -0.25) is 9.59 Å². The van der Waals surface area contributed by atoms with E-state index in [0.29, 0.717) is 23.4 Å². The third kappa shape index (κ3) is 7.25. The van der Waals surface area contributed by atoms with E-state index in [1.807, 2.05) is 38.3 Å². The Kier molecular flexibility index (Phi) is 9.39. The van der Waals surface area contributed by atoms with E-state index in [4.69, 9.17) is 4.74 Å². The first kappa shape index (κ1) is 25.6. The zero-order valence-electron chi connectivity index (χ0n) is 20.1. The van der Waals surface area contributed by atoms with Crippen LogP contribution in [0.5, 0.6) is 0 Å². The van der Waals surface area contributed by atoms with Gasteiger partial charge in [0.1, 0.15) is 6.04 Å². The Hall–Kier alpha value is -3.00. The summed E-state index contributed by atoms with van der Waals surface area (Å²) in [6, 6.07) is 12.3. The van der Waals surface area contributed by atoms with Crippen molar-refractivity contribution in [2.24, 2.45) is 0 Å². The maximum Gasteiger partial charge on any atom is 0.329 e. The summed E-state index contributed by atoms with van der Waals surface area (Å²) in [5, 5.41) is 5.56. The number of nitrogens with one attached hydrogen (secondary N) is 2. The molecular formula is C26H33N3O4S. The second kappa shape index (κ2) is 12.5. The number of carbonyl (C=O) groups is 3. The number of hydrogen-bond acceptors (Lipinski definition) is 6. The number of rotatable bonds is 10. The zero-order valence-corrected chi connectivity index (χ0v) is 20.9. The van der Waals surface area contributed by atoms with Gasteiger partial charge in [-0.2, -0.15) is 11.8 Å².